The molecule has 0 aromatic heterocycles. The molecule has 1 aromatic carbocycles. The molecule has 0 bridgehead atoms. The Morgan fingerprint density at radius 3 is 3.06 bits per heavy atom. The van der Waals surface area contributed by atoms with Crippen molar-refractivity contribution in [2.45, 2.75) is 0 Å². The maximum absolute atomic E-state index is 13.6. The van der Waals surface area contributed by atoms with E-state index in [1.54, 1.807) is 12.2 Å². The average Bonchev–Trinajstić information content (AvgIpc) is 2.72. The van der Waals surface area contributed by atoms with Crippen LogP contribution in [-0.4, -0.2) is 20.4 Å². The molecule has 0 saturated carbocycles. The Bertz CT molecular complexity index is 428. The molecule has 1 aliphatic heterocycles. The van der Waals surface area contributed by atoms with Crippen LogP contribution >= 0.6 is 0 Å². The van der Waals surface area contributed by atoms with Crippen LogP contribution in [0, 0.1) is 5.82 Å². The van der Waals surface area contributed by atoms with Crippen LogP contribution in [0.1, 0.15) is 5.56 Å². The average molecular weight is 225 g/mol. The summed E-state index contributed by atoms with van der Waals surface area (Å²) in [5.41, 5.74) is 5.87. The second-order valence-corrected chi connectivity index (χ2v) is 3.18. The second kappa shape index (κ2) is 4.40. The van der Waals surface area contributed by atoms with Gasteiger partial charge in [0.2, 0.25) is 6.79 Å². The molecule has 0 fully saturated rings. The van der Waals surface area contributed by atoms with Crippen molar-refractivity contribution in [3.8, 4) is 17.2 Å². The van der Waals surface area contributed by atoms with E-state index in [4.69, 9.17) is 19.9 Å². The van der Waals surface area contributed by atoms with E-state index in [0.29, 0.717) is 23.6 Å². The van der Waals surface area contributed by atoms with Crippen LogP contribution in [0.2, 0.25) is 0 Å². The van der Waals surface area contributed by atoms with Crippen LogP contribution < -0.4 is 19.9 Å². The highest BCUT2D eigenvalue weighted by molar-refractivity contribution is 5.69. The van der Waals surface area contributed by atoms with Crippen LogP contribution in [0.15, 0.2) is 12.1 Å². The standard InChI is InChI=1S/C11H12FNO3/c1-14-10-7(3-2-4-13)11-9(5-8(10)12)15-6-16-11/h2-3,5H,4,6,13H2,1H3/b3-2+. The summed E-state index contributed by atoms with van der Waals surface area (Å²) in [4.78, 5) is 0. The number of methoxy groups -OCH3 is 1. The van der Waals surface area contributed by atoms with Gasteiger partial charge in [0.1, 0.15) is 0 Å². The summed E-state index contributed by atoms with van der Waals surface area (Å²) in [6.45, 7) is 0.445. The molecule has 0 spiro atoms. The molecule has 0 amide bonds. The normalized spacial score (nSPS) is 13.4. The van der Waals surface area contributed by atoms with E-state index < -0.39 is 5.82 Å². The highest BCUT2D eigenvalue weighted by atomic mass is 19.1. The summed E-state index contributed by atoms with van der Waals surface area (Å²) in [7, 11) is 1.40. The fourth-order valence-corrected chi connectivity index (χ4v) is 1.56. The number of ether oxygens (including phenoxy) is 3. The molecule has 4 nitrogen and oxygen atoms in total. The number of hydrogen-bond donors (Lipinski definition) is 1. The molecule has 2 rings (SSSR count). The predicted octanol–water partition coefficient (Wildman–Crippen LogP) is 1.53. The lowest BCUT2D eigenvalue weighted by atomic mass is 10.1. The minimum absolute atomic E-state index is 0.0887. The van der Waals surface area contributed by atoms with Gasteiger partial charge < -0.3 is 19.9 Å². The first-order valence-electron chi connectivity index (χ1n) is 4.80. The van der Waals surface area contributed by atoms with Gasteiger partial charge in [0.05, 0.1) is 12.7 Å². The van der Waals surface area contributed by atoms with Crippen LogP contribution in [0.3, 0.4) is 0 Å². The lowest BCUT2D eigenvalue weighted by Crippen LogP contribution is -1.96. The summed E-state index contributed by atoms with van der Waals surface area (Å²) in [6, 6.07) is 1.25. The van der Waals surface area contributed by atoms with Gasteiger partial charge >= 0.3 is 0 Å². The first-order valence-corrected chi connectivity index (χ1v) is 4.80. The summed E-state index contributed by atoms with van der Waals surface area (Å²) < 4.78 is 29.0. The fraction of sp³-hybridized carbons (Fsp3) is 0.273. The van der Waals surface area contributed by atoms with Gasteiger partial charge in [0.25, 0.3) is 0 Å². The Balaban J connectivity index is 2.57. The van der Waals surface area contributed by atoms with Crippen molar-refractivity contribution < 1.29 is 18.6 Å². The molecule has 2 N–H and O–H groups in total. The van der Waals surface area contributed by atoms with Crippen LogP contribution in [0.4, 0.5) is 4.39 Å². The number of rotatable bonds is 3. The van der Waals surface area contributed by atoms with Crippen molar-refractivity contribution in [3.05, 3.63) is 23.5 Å². The molecule has 0 unspecified atom stereocenters. The van der Waals surface area contributed by atoms with Crippen LogP contribution in [0.5, 0.6) is 17.2 Å². The van der Waals surface area contributed by atoms with E-state index in [-0.39, 0.29) is 12.5 Å². The van der Waals surface area contributed by atoms with Crippen LogP contribution in [-0.2, 0) is 0 Å². The first kappa shape index (κ1) is 10.8. The summed E-state index contributed by atoms with van der Waals surface area (Å²) >= 11 is 0. The SMILES string of the molecule is COc1c(F)cc2c(c1/C=C/CN)OCO2. The summed E-state index contributed by atoms with van der Waals surface area (Å²) in [5, 5.41) is 0. The Morgan fingerprint density at radius 2 is 2.38 bits per heavy atom. The fourth-order valence-electron chi connectivity index (χ4n) is 1.56. The van der Waals surface area contributed by atoms with Gasteiger partial charge in [-0.05, 0) is 6.08 Å². The van der Waals surface area contributed by atoms with Gasteiger partial charge in [-0.25, -0.2) is 4.39 Å². The Hall–Kier alpha value is -1.75. The van der Waals surface area contributed by atoms with Gasteiger partial charge in [-0.2, -0.15) is 0 Å². The topological polar surface area (TPSA) is 53.7 Å². The van der Waals surface area contributed by atoms with E-state index in [1.165, 1.54) is 13.2 Å². The largest absolute Gasteiger partial charge is 0.493 e. The Morgan fingerprint density at radius 1 is 1.56 bits per heavy atom. The monoisotopic (exact) mass is 225 g/mol. The Kier molecular flexibility index (Phi) is 2.96. The summed E-state index contributed by atoms with van der Waals surface area (Å²) in [5.74, 6) is 0.523. The van der Waals surface area contributed by atoms with Gasteiger partial charge in [-0.1, -0.05) is 6.08 Å². The molecular weight excluding hydrogens is 213 g/mol. The molecule has 0 saturated heterocycles. The molecule has 1 aliphatic rings. The third-order valence-corrected chi connectivity index (χ3v) is 2.23. The molecule has 86 valence electrons. The zero-order valence-corrected chi connectivity index (χ0v) is 8.83. The van der Waals surface area contributed by atoms with Crippen molar-refractivity contribution in [1.82, 2.24) is 0 Å². The highest BCUT2D eigenvalue weighted by Crippen LogP contribution is 2.43. The third kappa shape index (κ3) is 1.69. The second-order valence-electron chi connectivity index (χ2n) is 3.18. The molecule has 0 atom stereocenters. The third-order valence-electron chi connectivity index (χ3n) is 2.23. The molecule has 5 heteroatoms. The van der Waals surface area contributed by atoms with E-state index >= 15 is 0 Å². The van der Waals surface area contributed by atoms with E-state index in [9.17, 15) is 4.39 Å². The van der Waals surface area contributed by atoms with Gasteiger partial charge in [0.15, 0.2) is 23.1 Å². The first-order chi connectivity index (χ1) is 7.77. The molecule has 0 aliphatic carbocycles. The number of nitrogens with two attached hydrogens (primary N) is 1. The lowest BCUT2D eigenvalue weighted by molar-refractivity contribution is 0.173. The van der Waals surface area contributed by atoms with Crippen molar-refractivity contribution in [1.29, 1.82) is 0 Å². The van der Waals surface area contributed by atoms with Gasteiger partial charge in [0, 0.05) is 12.6 Å². The molecule has 16 heavy (non-hydrogen) atoms. The number of benzene rings is 1. The molecule has 1 heterocycles. The molecule has 1 aromatic rings. The number of hydrogen-bond acceptors (Lipinski definition) is 4. The Labute approximate surface area is 92.4 Å². The van der Waals surface area contributed by atoms with Gasteiger partial charge in [-0.3, -0.25) is 0 Å². The number of halogens is 1. The summed E-state index contributed by atoms with van der Waals surface area (Å²) in [6.07, 6.45) is 3.36. The van der Waals surface area contributed by atoms with Crippen molar-refractivity contribution in [2.75, 3.05) is 20.4 Å². The maximum Gasteiger partial charge on any atom is 0.231 e. The van der Waals surface area contributed by atoms with Crippen LogP contribution in [0.25, 0.3) is 6.08 Å². The van der Waals surface area contributed by atoms with E-state index in [2.05, 4.69) is 0 Å². The predicted molar refractivity (Wildman–Crippen MR) is 57.2 cm³/mol. The van der Waals surface area contributed by atoms with E-state index in [0.717, 1.165) is 0 Å². The maximum atomic E-state index is 13.6. The van der Waals surface area contributed by atoms with Crippen molar-refractivity contribution in [2.24, 2.45) is 5.73 Å². The quantitative estimate of drug-likeness (QED) is 0.847. The molecular formula is C11H12FNO3. The van der Waals surface area contributed by atoms with Crippen molar-refractivity contribution >= 4 is 6.08 Å². The number of fused-ring (bicyclic) bond motifs is 1. The van der Waals surface area contributed by atoms with E-state index in [1.807, 2.05) is 0 Å². The minimum Gasteiger partial charge on any atom is -0.493 e. The lowest BCUT2D eigenvalue weighted by Gasteiger charge is -2.09. The zero-order valence-electron chi connectivity index (χ0n) is 8.83. The zero-order chi connectivity index (χ0) is 11.5. The van der Waals surface area contributed by atoms with Crippen molar-refractivity contribution in [3.63, 3.8) is 0 Å². The van der Waals surface area contributed by atoms with Gasteiger partial charge in [-0.15, -0.1) is 0 Å². The smallest absolute Gasteiger partial charge is 0.231 e. The minimum atomic E-state index is -0.483. The highest BCUT2D eigenvalue weighted by Gasteiger charge is 2.23. The molecule has 0 radical (unpaired) electrons.